The highest BCUT2D eigenvalue weighted by Gasteiger charge is 2.11. The van der Waals surface area contributed by atoms with E-state index in [1.807, 2.05) is 31.2 Å². The van der Waals surface area contributed by atoms with Crippen LogP contribution in [-0.4, -0.2) is 17.5 Å². The second-order valence-electron chi connectivity index (χ2n) is 6.97. The van der Waals surface area contributed by atoms with Crippen LogP contribution in [0, 0.1) is 6.92 Å². The number of aryl methyl sites for hydroxylation is 1. The number of halogens is 3. The van der Waals surface area contributed by atoms with Crippen molar-refractivity contribution in [2.45, 2.75) is 13.3 Å². The van der Waals surface area contributed by atoms with Crippen LogP contribution in [0.25, 0.3) is 11.1 Å². The molecule has 0 saturated carbocycles. The minimum atomic E-state index is -0.258. The van der Waals surface area contributed by atoms with Crippen molar-refractivity contribution in [2.75, 3.05) is 11.9 Å². The van der Waals surface area contributed by atoms with Crippen molar-refractivity contribution in [2.24, 2.45) is 0 Å². The summed E-state index contributed by atoms with van der Waals surface area (Å²) in [4.78, 5) is 16.6. The number of benzene rings is 3. The van der Waals surface area contributed by atoms with E-state index in [0.29, 0.717) is 49.9 Å². The van der Waals surface area contributed by atoms with Crippen molar-refractivity contribution in [3.05, 3.63) is 86.7 Å². The van der Waals surface area contributed by atoms with Crippen LogP contribution >= 0.6 is 34.8 Å². The van der Waals surface area contributed by atoms with E-state index in [1.165, 1.54) is 0 Å². The lowest BCUT2D eigenvalue weighted by Gasteiger charge is -2.09. The van der Waals surface area contributed by atoms with Gasteiger partial charge in [-0.1, -0.05) is 46.9 Å². The Hall–Kier alpha value is -2.73. The van der Waals surface area contributed by atoms with E-state index in [-0.39, 0.29) is 12.5 Å². The number of hydrogen-bond donors (Lipinski definition) is 1. The summed E-state index contributed by atoms with van der Waals surface area (Å²) in [6, 6.07) is 16.0. The SMILES string of the molecule is Cc1cc(OCC(=O)Nc2ccc(Cc3nc4cc(Cl)cc(Cl)c4o3)cc2)ccc1Cl. The summed E-state index contributed by atoms with van der Waals surface area (Å²) in [6.07, 6.45) is 0.482. The maximum absolute atomic E-state index is 12.2. The molecular formula is C23H17Cl3N2O3. The van der Waals surface area contributed by atoms with Gasteiger partial charge in [-0.15, -0.1) is 0 Å². The minimum absolute atomic E-state index is 0.102. The summed E-state index contributed by atoms with van der Waals surface area (Å²) >= 11 is 18.2. The quantitative estimate of drug-likeness (QED) is 0.337. The molecule has 0 bridgehead atoms. The molecule has 4 rings (SSSR count). The van der Waals surface area contributed by atoms with Gasteiger partial charge in [0.15, 0.2) is 18.1 Å². The molecule has 1 aromatic heterocycles. The van der Waals surface area contributed by atoms with E-state index in [4.69, 9.17) is 44.0 Å². The number of carbonyl (C=O) groups excluding carboxylic acids is 1. The lowest BCUT2D eigenvalue weighted by atomic mass is 10.1. The zero-order valence-electron chi connectivity index (χ0n) is 16.4. The van der Waals surface area contributed by atoms with Crippen LogP contribution in [0.2, 0.25) is 15.1 Å². The number of hydrogen-bond acceptors (Lipinski definition) is 4. The average molecular weight is 476 g/mol. The first kappa shape index (κ1) is 21.5. The van der Waals surface area contributed by atoms with Crippen LogP contribution in [0.5, 0.6) is 5.75 Å². The zero-order chi connectivity index (χ0) is 22.0. The van der Waals surface area contributed by atoms with Gasteiger partial charge >= 0.3 is 0 Å². The van der Waals surface area contributed by atoms with Gasteiger partial charge in [-0.3, -0.25) is 4.79 Å². The summed E-state index contributed by atoms with van der Waals surface area (Å²) in [6.45, 7) is 1.77. The van der Waals surface area contributed by atoms with Crippen LogP contribution in [0.1, 0.15) is 17.0 Å². The molecule has 5 nitrogen and oxygen atoms in total. The first-order valence-electron chi connectivity index (χ1n) is 9.39. The molecule has 0 spiro atoms. The molecule has 0 aliphatic heterocycles. The number of oxazole rings is 1. The fourth-order valence-corrected chi connectivity index (χ4v) is 3.65. The van der Waals surface area contributed by atoms with Crippen LogP contribution in [0.15, 0.2) is 59.0 Å². The van der Waals surface area contributed by atoms with Gasteiger partial charge in [0, 0.05) is 22.2 Å². The minimum Gasteiger partial charge on any atom is -0.484 e. The summed E-state index contributed by atoms with van der Waals surface area (Å²) in [7, 11) is 0. The molecule has 0 saturated heterocycles. The summed E-state index contributed by atoms with van der Waals surface area (Å²) < 4.78 is 11.3. The van der Waals surface area contributed by atoms with Crippen LogP contribution in [-0.2, 0) is 11.2 Å². The number of carbonyl (C=O) groups is 1. The van der Waals surface area contributed by atoms with Crippen LogP contribution in [0.4, 0.5) is 5.69 Å². The van der Waals surface area contributed by atoms with Crippen LogP contribution in [0.3, 0.4) is 0 Å². The molecule has 0 unspecified atom stereocenters. The second-order valence-corrected chi connectivity index (χ2v) is 8.22. The molecule has 0 aliphatic carbocycles. The number of amides is 1. The molecule has 1 amide bonds. The molecule has 1 heterocycles. The lowest BCUT2D eigenvalue weighted by molar-refractivity contribution is -0.118. The summed E-state index contributed by atoms with van der Waals surface area (Å²) in [5, 5.41) is 4.39. The Morgan fingerprint density at radius 2 is 1.81 bits per heavy atom. The van der Waals surface area contributed by atoms with Gasteiger partial charge in [0.25, 0.3) is 5.91 Å². The first-order chi connectivity index (χ1) is 14.9. The Bertz CT molecular complexity index is 1250. The normalized spacial score (nSPS) is 11.0. The van der Waals surface area contributed by atoms with Gasteiger partial charge in [-0.2, -0.15) is 0 Å². The highest BCUT2D eigenvalue weighted by molar-refractivity contribution is 6.38. The number of fused-ring (bicyclic) bond motifs is 1. The van der Waals surface area contributed by atoms with Gasteiger partial charge in [-0.05, 0) is 60.5 Å². The predicted molar refractivity (Wildman–Crippen MR) is 124 cm³/mol. The van der Waals surface area contributed by atoms with Crippen LogP contribution < -0.4 is 10.1 Å². The number of anilines is 1. The van der Waals surface area contributed by atoms with Crippen molar-refractivity contribution < 1.29 is 13.9 Å². The Morgan fingerprint density at radius 3 is 2.55 bits per heavy atom. The molecule has 158 valence electrons. The predicted octanol–water partition coefficient (Wildman–Crippen LogP) is 6.70. The monoisotopic (exact) mass is 474 g/mol. The van der Waals surface area contributed by atoms with Gasteiger partial charge in [0.2, 0.25) is 0 Å². The third-order valence-electron chi connectivity index (χ3n) is 4.55. The van der Waals surface area contributed by atoms with Gasteiger partial charge < -0.3 is 14.5 Å². The first-order valence-corrected chi connectivity index (χ1v) is 10.5. The molecule has 4 aromatic rings. The number of ether oxygens (including phenoxy) is 1. The summed E-state index contributed by atoms with van der Waals surface area (Å²) in [5.74, 6) is 0.862. The average Bonchev–Trinajstić information content (AvgIpc) is 3.13. The highest BCUT2D eigenvalue weighted by atomic mass is 35.5. The lowest BCUT2D eigenvalue weighted by Crippen LogP contribution is -2.20. The number of nitrogens with one attached hydrogen (secondary N) is 1. The number of aromatic nitrogens is 1. The van der Waals surface area contributed by atoms with Crippen molar-refractivity contribution in [1.29, 1.82) is 0 Å². The molecule has 8 heteroatoms. The molecule has 0 atom stereocenters. The molecule has 0 fully saturated rings. The second kappa shape index (κ2) is 9.18. The summed E-state index contributed by atoms with van der Waals surface area (Å²) in [5.41, 5.74) is 3.66. The molecule has 1 N–H and O–H groups in total. The Kier molecular flexibility index (Phi) is 6.37. The topological polar surface area (TPSA) is 64.4 Å². The fraction of sp³-hybridized carbons (Fsp3) is 0.130. The molecule has 31 heavy (non-hydrogen) atoms. The largest absolute Gasteiger partial charge is 0.484 e. The zero-order valence-corrected chi connectivity index (χ0v) is 18.7. The van der Waals surface area contributed by atoms with Crippen molar-refractivity contribution in [3.63, 3.8) is 0 Å². The van der Waals surface area contributed by atoms with Crippen molar-refractivity contribution in [1.82, 2.24) is 4.98 Å². The highest BCUT2D eigenvalue weighted by Crippen LogP contribution is 2.29. The van der Waals surface area contributed by atoms with Gasteiger partial charge in [0.1, 0.15) is 11.3 Å². The third-order valence-corrected chi connectivity index (χ3v) is 5.47. The number of nitrogens with zero attached hydrogens (tertiary/aromatic N) is 1. The molecule has 3 aromatic carbocycles. The maximum Gasteiger partial charge on any atom is 0.262 e. The maximum atomic E-state index is 12.2. The Labute approximate surface area is 193 Å². The molecule has 0 aliphatic rings. The van der Waals surface area contributed by atoms with E-state index in [2.05, 4.69) is 10.3 Å². The molecule has 0 radical (unpaired) electrons. The van der Waals surface area contributed by atoms with Crippen molar-refractivity contribution >= 4 is 57.5 Å². The van der Waals surface area contributed by atoms with Gasteiger partial charge in [-0.25, -0.2) is 4.98 Å². The number of rotatable bonds is 6. The van der Waals surface area contributed by atoms with E-state index in [0.717, 1.165) is 11.1 Å². The van der Waals surface area contributed by atoms with Crippen molar-refractivity contribution in [3.8, 4) is 5.75 Å². The Balaban J connectivity index is 1.35. The van der Waals surface area contributed by atoms with E-state index in [1.54, 1.807) is 30.3 Å². The standard InChI is InChI=1S/C23H17Cl3N2O3/c1-13-8-17(6-7-18(13)25)30-12-21(29)27-16-4-2-14(3-5-16)9-22-28-20-11-15(24)10-19(26)23(20)31-22/h2-8,10-11H,9,12H2,1H3,(H,27,29). The van der Waals surface area contributed by atoms with E-state index < -0.39 is 0 Å². The smallest absolute Gasteiger partial charge is 0.262 e. The Morgan fingerprint density at radius 1 is 1.03 bits per heavy atom. The van der Waals surface area contributed by atoms with E-state index in [9.17, 15) is 4.79 Å². The fourth-order valence-electron chi connectivity index (χ4n) is 3.01. The third kappa shape index (κ3) is 5.31. The van der Waals surface area contributed by atoms with E-state index >= 15 is 0 Å². The van der Waals surface area contributed by atoms with Gasteiger partial charge in [0.05, 0.1) is 5.02 Å². The molecular weight excluding hydrogens is 459 g/mol.